The number of aromatic nitrogens is 2. The summed E-state index contributed by atoms with van der Waals surface area (Å²) >= 11 is 12.2. The topological polar surface area (TPSA) is 58.4 Å². The van der Waals surface area contributed by atoms with Crippen molar-refractivity contribution in [1.29, 1.82) is 0 Å². The first-order valence-electron chi connectivity index (χ1n) is 9.46. The third kappa shape index (κ3) is 3.51. The molecule has 0 unspecified atom stereocenters. The van der Waals surface area contributed by atoms with Crippen LogP contribution in [0.5, 0.6) is 0 Å². The summed E-state index contributed by atoms with van der Waals surface area (Å²) in [5.74, 6) is 0.378. The second-order valence-corrected chi connectivity index (χ2v) is 8.24. The number of rotatable bonds is 3. The predicted octanol–water partition coefficient (Wildman–Crippen LogP) is 3.67. The zero-order valence-corrected chi connectivity index (χ0v) is 17.4. The highest BCUT2D eigenvalue weighted by molar-refractivity contribution is 6.42. The molecule has 2 aliphatic rings. The fraction of sp³-hybridized carbons (Fsp3) is 0.450. The lowest BCUT2D eigenvalue weighted by molar-refractivity contribution is -0.130. The smallest absolute Gasteiger partial charge is 0.257 e. The maximum Gasteiger partial charge on any atom is 0.257 e. The van der Waals surface area contributed by atoms with Gasteiger partial charge >= 0.3 is 0 Å². The van der Waals surface area contributed by atoms with Crippen molar-refractivity contribution in [2.45, 2.75) is 32.6 Å². The lowest BCUT2D eigenvalue weighted by atomic mass is 10.1. The number of benzene rings is 1. The highest BCUT2D eigenvalue weighted by Gasteiger charge is 2.36. The van der Waals surface area contributed by atoms with Gasteiger partial charge in [-0.2, -0.15) is 5.10 Å². The van der Waals surface area contributed by atoms with E-state index in [0.29, 0.717) is 47.7 Å². The summed E-state index contributed by atoms with van der Waals surface area (Å²) in [7, 11) is 0. The van der Waals surface area contributed by atoms with Gasteiger partial charge in [-0.3, -0.25) is 9.59 Å². The minimum atomic E-state index is -0.00564. The second-order valence-electron chi connectivity index (χ2n) is 7.43. The monoisotopic (exact) mass is 420 g/mol. The largest absolute Gasteiger partial charge is 0.339 e. The van der Waals surface area contributed by atoms with Crippen LogP contribution in [0.3, 0.4) is 0 Å². The van der Waals surface area contributed by atoms with E-state index in [2.05, 4.69) is 0 Å². The molecule has 1 aromatic carbocycles. The first-order valence-corrected chi connectivity index (χ1v) is 10.2. The molecule has 1 aliphatic carbocycles. The van der Waals surface area contributed by atoms with Crippen molar-refractivity contribution < 1.29 is 9.59 Å². The molecule has 1 saturated heterocycles. The van der Waals surface area contributed by atoms with Crippen LogP contribution in [-0.2, 0) is 4.79 Å². The van der Waals surface area contributed by atoms with E-state index in [1.165, 1.54) is 0 Å². The highest BCUT2D eigenvalue weighted by Crippen LogP contribution is 2.42. The zero-order valence-electron chi connectivity index (χ0n) is 15.9. The summed E-state index contributed by atoms with van der Waals surface area (Å²) in [5, 5.41) is 5.71. The summed E-state index contributed by atoms with van der Waals surface area (Å²) in [5.41, 5.74) is 3.14. The molecule has 2 heterocycles. The normalized spacial score (nSPS) is 17.1. The second kappa shape index (κ2) is 7.41. The molecule has 2 amide bonds. The minimum Gasteiger partial charge on any atom is -0.339 e. The average molecular weight is 421 g/mol. The average Bonchev–Trinajstić information content (AvgIpc) is 3.47. The zero-order chi connectivity index (χ0) is 20.0. The third-order valence-corrected chi connectivity index (χ3v) is 6.22. The number of nitrogens with zero attached hydrogens (tertiary/aromatic N) is 4. The Kier molecular flexibility index (Phi) is 5.10. The molecule has 28 heavy (non-hydrogen) atoms. The number of halogens is 2. The van der Waals surface area contributed by atoms with E-state index in [1.807, 2.05) is 17.9 Å². The van der Waals surface area contributed by atoms with E-state index in [9.17, 15) is 9.59 Å². The van der Waals surface area contributed by atoms with Crippen molar-refractivity contribution >= 4 is 35.0 Å². The predicted molar refractivity (Wildman–Crippen MR) is 108 cm³/mol. The van der Waals surface area contributed by atoms with Gasteiger partial charge in [-0.05, 0) is 38.0 Å². The van der Waals surface area contributed by atoms with E-state index in [4.69, 9.17) is 28.3 Å². The summed E-state index contributed by atoms with van der Waals surface area (Å²) < 4.78 is 1.79. The Morgan fingerprint density at radius 2 is 1.68 bits per heavy atom. The van der Waals surface area contributed by atoms with Gasteiger partial charge in [0.25, 0.3) is 5.91 Å². The maximum atomic E-state index is 13.3. The Morgan fingerprint density at radius 3 is 2.25 bits per heavy atom. The number of piperazine rings is 1. The molecular formula is C20H22Cl2N4O2. The van der Waals surface area contributed by atoms with Crippen LogP contribution in [-0.4, -0.2) is 57.6 Å². The molecule has 4 rings (SSSR count). The number of hydrogen-bond donors (Lipinski definition) is 0. The fourth-order valence-corrected chi connectivity index (χ4v) is 3.97. The molecule has 2 fully saturated rings. The molecule has 0 bridgehead atoms. The van der Waals surface area contributed by atoms with E-state index < -0.39 is 0 Å². The van der Waals surface area contributed by atoms with Gasteiger partial charge < -0.3 is 9.80 Å². The first kappa shape index (κ1) is 19.3. The van der Waals surface area contributed by atoms with Crippen LogP contribution in [0.2, 0.25) is 10.0 Å². The van der Waals surface area contributed by atoms with Gasteiger partial charge in [0.2, 0.25) is 5.91 Å². The van der Waals surface area contributed by atoms with Crippen molar-refractivity contribution in [3.8, 4) is 5.69 Å². The number of hydrogen-bond acceptors (Lipinski definition) is 3. The quantitative estimate of drug-likeness (QED) is 0.760. The van der Waals surface area contributed by atoms with Gasteiger partial charge in [-0.15, -0.1) is 0 Å². The molecule has 0 radical (unpaired) electrons. The van der Waals surface area contributed by atoms with E-state index in [1.54, 1.807) is 28.6 Å². The molecule has 1 saturated carbocycles. The molecule has 8 heteroatoms. The number of amides is 2. The minimum absolute atomic E-state index is 0.00564. The van der Waals surface area contributed by atoms with Crippen molar-refractivity contribution in [3.05, 3.63) is 45.2 Å². The molecule has 0 N–H and O–H groups in total. The van der Waals surface area contributed by atoms with E-state index in [0.717, 1.165) is 29.9 Å². The molecule has 2 aromatic rings. The lowest BCUT2D eigenvalue weighted by Crippen LogP contribution is -2.50. The Hall–Kier alpha value is -2.05. The molecule has 0 spiro atoms. The summed E-state index contributed by atoms with van der Waals surface area (Å²) in [6, 6.07) is 5.35. The Morgan fingerprint density at radius 1 is 1.04 bits per heavy atom. The number of carbonyl (C=O) groups is 2. The van der Waals surface area contributed by atoms with E-state index in [-0.39, 0.29) is 11.8 Å². The summed E-state index contributed by atoms with van der Waals surface area (Å²) in [6.45, 7) is 5.70. The summed E-state index contributed by atoms with van der Waals surface area (Å²) in [4.78, 5) is 28.5. The molecule has 1 aliphatic heterocycles. The first-order chi connectivity index (χ1) is 13.4. The lowest BCUT2D eigenvalue weighted by Gasteiger charge is -2.34. The highest BCUT2D eigenvalue weighted by atomic mass is 35.5. The van der Waals surface area contributed by atoms with Crippen LogP contribution < -0.4 is 0 Å². The molecule has 0 atom stereocenters. The van der Waals surface area contributed by atoms with Crippen LogP contribution in [0, 0.1) is 6.92 Å². The molecule has 1 aromatic heterocycles. The van der Waals surface area contributed by atoms with Crippen molar-refractivity contribution in [3.63, 3.8) is 0 Å². The van der Waals surface area contributed by atoms with Gasteiger partial charge in [-0.25, -0.2) is 4.68 Å². The standard InChI is InChI=1S/C20H22Cl2N4O2/c1-12-18(20(28)25-9-7-24(8-10-25)13(2)27)19(14-3-4-14)23-26(12)15-5-6-16(21)17(22)11-15/h5-6,11,14H,3-4,7-10H2,1-2H3. The van der Waals surface area contributed by atoms with Crippen molar-refractivity contribution in [2.75, 3.05) is 26.2 Å². The van der Waals surface area contributed by atoms with Gasteiger partial charge in [0.15, 0.2) is 0 Å². The van der Waals surface area contributed by atoms with Crippen LogP contribution >= 0.6 is 23.2 Å². The SMILES string of the molecule is CC(=O)N1CCN(C(=O)c2c(C3CC3)nn(-c3ccc(Cl)c(Cl)c3)c2C)CC1. The van der Waals surface area contributed by atoms with Crippen molar-refractivity contribution in [1.82, 2.24) is 19.6 Å². The molecule has 148 valence electrons. The van der Waals surface area contributed by atoms with Gasteiger partial charge in [0, 0.05) is 39.0 Å². The van der Waals surface area contributed by atoms with Crippen LogP contribution in [0.25, 0.3) is 5.69 Å². The Bertz CT molecular complexity index is 944. The van der Waals surface area contributed by atoms with E-state index >= 15 is 0 Å². The summed E-state index contributed by atoms with van der Waals surface area (Å²) in [6.07, 6.45) is 2.10. The Balaban J connectivity index is 1.67. The van der Waals surface area contributed by atoms with Gasteiger partial charge in [0.1, 0.15) is 0 Å². The molecular weight excluding hydrogens is 399 g/mol. The van der Waals surface area contributed by atoms with Crippen molar-refractivity contribution in [2.24, 2.45) is 0 Å². The van der Waals surface area contributed by atoms with Crippen LogP contribution in [0.4, 0.5) is 0 Å². The molecule has 6 nitrogen and oxygen atoms in total. The van der Waals surface area contributed by atoms with Gasteiger partial charge in [0.05, 0.1) is 32.7 Å². The van der Waals surface area contributed by atoms with Crippen LogP contribution in [0.15, 0.2) is 18.2 Å². The Labute approximate surface area is 174 Å². The van der Waals surface area contributed by atoms with Gasteiger partial charge in [-0.1, -0.05) is 23.2 Å². The van der Waals surface area contributed by atoms with Crippen LogP contribution in [0.1, 0.15) is 47.4 Å². The third-order valence-electron chi connectivity index (χ3n) is 5.48. The fourth-order valence-electron chi connectivity index (χ4n) is 3.68. The maximum absolute atomic E-state index is 13.3. The number of carbonyl (C=O) groups excluding carboxylic acids is 2.